The van der Waals surface area contributed by atoms with Gasteiger partial charge in [-0.15, -0.1) is 6.42 Å². The number of carbonyl (C=O) groups excluding carboxylic acids is 1. The van der Waals surface area contributed by atoms with E-state index in [4.69, 9.17) is 6.42 Å². The molecule has 70 valence electrons. The van der Waals surface area contributed by atoms with Gasteiger partial charge in [0.15, 0.2) is 0 Å². The molecule has 0 unspecified atom stereocenters. The fourth-order valence-corrected chi connectivity index (χ4v) is 1.29. The van der Waals surface area contributed by atoms with Crippen LogP contribution < -0.4 is 0 Å². The first-order valence-electron chi connectivity index (χ1n) is 4.33. The van der Waals surface area contributed by atoms with Crippen LogP contribution in [0.5, 0.6) is 0 Å². The van der Waals surface area contributed by atoms with Gasteiger partial charge in [0.1, 0.15) is 0 Å². The van der Waals surface area contributed by atoms with E-state index in [2.05, 4.69) is 12.5 Å². The minimum Gasteiger partial charge on any atom is -0.279 e. The molecule has 0 atom stereocenters. The Balaban J connectivity index is 3.38. The molecular formula is C13H12O. The second-order valence-electron chi connectivity index (χ2n) is 3.30. The lowest BCUT2D eigenvalue weighted by molar-refractivity contribution is 0.105. The molecule has 1 heteroatoms. The van der Waals surface area contributed by atoms with Crippen molar-refractivity contribution < 1.29 is 4.79 Å². The first-order chi connectivity index (χ1) is 6.56. The van der Waals surface area contributed by atoms with E-state index in [9.17, 15) is 4.79 Å². The summed E-state index contributed by atoms with van der Waals surface area (Å²) in [5.41, 5.74) is 3.35. The van der Waals surface area contributed by atoms with Crippen molar-refractivity contribution in [3.8, 4) is 12.3 Å². The molecule has 0 aromatic heterocycles. The topological polar surface area (TPSA) is 17.1 Å². The van der Waals surface area contributed by atoms with Crippen LogP contribution in [0.4, 0.5) is 0 Å². The third-order valence-electron chi connectivity index (χ3n) is 2.01. The molecular weight excluding hydrogens is 172 g/mol. The molecule has 0 aliphatic rings. The molecule has 1 aromatic carbocycles. The summed E-state index contributed by atoms with van der Waals surface area (Å²) >= 11 is 0. The maximum Gasteiger partial charge on any atom is 0.236 e. The number of rotatable bonds is 2. The lowest BCUT2D eigenvalue weighted by atomic mass is 9.97. The summed E-state index contributed by atoms with van der Waals surface area (Å²) < 4.78 is 0. The standard InChI is InChI=1S/C13H12O/c1-5-13(14)11-7-6-10(4)8-12(11)9(2)3/h1,6-8H,2H2,3-4H3. The van der Waals surface area contributed by atoms with Crippen LogP contribution in [0.2, 0.25) is 0 Å². The SMILES string of the molecule is C#CC(=O)c1ccc(C)cc1C(=C)C. The van der Waals surface area contributed by atoms with Gasteiger partial charge in [-0.25, -0.2) is 0 Å². The van der Waals surface area contributed by atoms with E-state index in [1.807, 2.05) is 26.0 Å². The highest BCUT2D eigenvalue weighted by atomic mass is 16.1. The van der Waals surface area contributed by atoms with E-state index in [-0.39, 0.29) is 5.78 Å². The number of benzene rings is 1. The van der Waals surface area contributed by atoms with Gasteiger partial charge in [0.05, 0.1) is 0 Å². The molecule has 0 bridgehead atoms. The summed E-state index contributed by atoms with van der Waals surface area (Å²) in [6, 6.07) is 5.55. The van der Waals surface area contributed by atoms with Crippen molar-refractivity contribution >= 4 is 11.4 Å². The second-order valence-corrected chi connectivity index (χ2v) is 3.30. The minimum atomic E-state index is -0.289. The van der Waals surface area contributed by atoms with E-state index < -0.39 is 0 Å². The molecule has 0 amide bonds. The Morgan fingerprint density at radius 3 is 2.57 bits per heavy atom. The third kappa shape index (κ3) is 1.92. The average molecular weight is 184 g/mol. The number of hydrogen-bond acceptors (Lipinski definition) is 1. The van der Waals surface area contributed by atoms with Gasteiger partial charge in [-0.1, -0.05) is 29.8 Å². The Hall–Kier alpha value is -1.81. The quantitative estimate of drug-likeness (QED) is 0.392. The maximum atomic E-state index is 11.4. The predicted molar refractivity (Wildman–Crippen MR) is 59.1 cm³/mol. The van der Waals surface area contributed by atoms with Gasteiger partial charge in [-0.05, 0) is 31.4 Å². The van der Waals surface area contributed by atoms with Gasteiger partial charge in [0.25, 0.3) is 0 Å². The van der Waals surface area contributed by atoms with Crippen LogP contribution in [-0.4, -0.2) is 5.78 Å². The van der Waals surface area contributed by atoms with E-state index in [1.165, 1.54) is 0 Å². The number of terminal acetylenes is 1. The van der Waals surface area contributed by atoms with Crippen LogP contribution in [0.1, 0.15) is 28.4 Å². The molecule has 0 aliphatic heterocycles. The third-order valence-corrected chi connectivity index (χ3v) is 2.01. The van der Waals surface area contributed by atoms with E-state index in [0.29, 0.717) is 5.56 Å². The molecule has 1 aromatic rings. The Kier molecular flexibility index (Phi) is 2.89. The Morgan fingerprint density at radius 1 is 1.43 bits per heavy atom. The van der Waals surface area contributed by atoms with Gasteiger partial charge in [0.2, 0.25) is 5.78 Å². The maximum absolute atomic E-state index is 11.4. The molecule has 0 N–H and O–H groups in total. The van der Waals surface area contributed by atoms with E-state index in [1.54, 1.807) is 6.07 Å². The first kappa shape index (κ1) is 10.3. The second kappa shape index (κ2) is 3.93. The van der Waals surface area contributed by atoms with Crippen molar-refractivity contribution in [1.29, 1.82) is 0 Å². The fraction of sp³-hybridized carbons (Fsp3) is 0.154. The van der Waals surface area contributed by atoms with Crippen LogP contribution in [0.25, 0.3) is 5.57 Å². The van der Waals surface area contributed by atoms with Crippen molar-refractivity contribution in [2.24, 2.45) is 0 Å². The Labute approximate surface area is 84.5 Å². The molecule has 14 heavy (non-hydrogen) atoms. The highest BCUT2D eigenvalue weighted by Crippen LogP contribution is 2.19. The van der Waals surface area contributed by atoms with Crippen molar-refractivity contribution in [3.05, 3.63) is 41.5 Å². The number of Topliss-reactive ketones (excluding diaryl/α,β-unsaturated/α-hetero) is 1. The minimum absolute atomic E-state index is 0.289. The van der Waals surface area contributed by atoms with Crippen LogP contribution in [0.3, 0.4) is 0 Å². The zero-order chi connectivity index (χ0) is 10.7. The Morgan fingerprint density at radius 2 is 2.07 bits per heavy atom. The van der Waals surface area contributed by atoms with Crippen molar-refractivity contribution in [3.63, 3.8) is 0 Å². The molecule has 0 radical (unpaired) electrons. The normalized spacial score (nSPS) is 9.21. The van der Waals surface area contributed by atoms with Crippen molar-refractivity contribution in [2.75, 3.05) is 0 Å². The summed E-state index contributed by atoms with van der Waals surface area (Å²) in [6.45, 7) is 7.66. The lowest BCUT2D eigenvalue weighted by Gasteiger charge is -2.06. The molecule has 0 heterocycles. The number of hydrogen-bond donors (Lipinski definition) is 0. The lowest BCUT2D eigenvalue weighted by Crippen LogP contribution is -1.99. The number of carbonyl (C=O) groups is 1. The van der Waals surface area contributed by atoms with E-state index >= 15 is 0 Å². The van der Waals surface area contributed by atoms with Gasteiger partial charge in [-0.2, -0.15) is 0 Å². The van der Waals surface area contributed by atoms with Gasteiger partial charge in [0, 0.05) is 5.56 Å². The summed E-state index contributed by atoms with van der Waals surface area (Å²) in [6.07, 6.45) is 5.08. The summed E-state index contributed by atoms with van der Waals surface area (Å²) in [5, 5.41) is 0. The summed E-state index contributed by atoms with van der Waals surface area (Å²) in [4.78, 5) is 11.4. The fourth-order valence-electron chi connectivity index (χ4n) is 1.29. The number of ketones is 1. The molecule has 0 spiro atoms. The monoisotopic (exact) mass is 184 g/mol. The predicted octanol–water partition coefficient (Wildman–Crippen LogP) is 2.84. The zero-order valence-electron chi connectivity index (χ0n) is 8.42. The molecule has 1 rings (SSSR count). The van der Waals surface area contributed by atoms with Crippen LogP contribution in [0, 0.1) is 19.3 Å². The summed E-state index contributed by atoms with van der Waals surface area (Å²) in [5.74, 6) is 1.83. The largest absolute Gasteiger partial charge is 0.279 e. The van der Waals surface area contributed by atoms with E-state index in [0.717, 1.165) is 16.7 Å². The van der Waals surface area contributed by atoms with Crippen LogP contribution >= 0.6 is 0 Å². The molecule has 0 saturated heterocycles. The van der Waals surface area contributed by atoms with Crippen molar-refractivity contribution in [1.82, 2.24) is 0 Å². The number of aryl methyl sites for hydroxylation is 1. The summed E-state index contributed by atoms with van der Waals surface area (Å²) in [7, 11) is 0. The highest BCUT2D eigenvalue weighted by Gasteiger charge is 2.09. The molecule has 0 saturated carbocycles. The van der Waals surface area contributed by atoms with Gasteiger partial charge < -0.3 is 0 Å². The van der Waals surface area contributed by atoms with Crippen LogP contribution in [0.15, 0.2) is 24.8 Å². The zero-order valence-corrected chi connectivity index (χ0v) is 8.42. The van der Waals surface area contributed by atoms with Gasteiger partial charge in [-0.3, -0.25) is 4.79 Å². The molecule has 1 nitrogen and oxygen atoms in total. The highest BCUT2D eigenvalue weighted by molar-refractivity contribution is 6.11. The molecule has 0 aliphatic carbocycles. The molecule has 0 fully saturated rings. The van der Waals surface area contributed by atoms with Crippen LogP contribution in [-0.2, 0) is 0 Å². The van der Waals surface area contributed by atoms with Gasteiger partial charge >= 0.3 is 0 Å². The Bertz CT molecular complexity index is 433. The number of allylic oxidation sites excluding steroid dienone is 1. The van der Waals surface area contributed by atoms with Crippen molar-refractivity contribution in [2.45, 2.75) is 13.8 Å². The first-order valence-corrected chi connectivity index (χ1v) is 4.33. The average Bonchev–Trinajstić information content (AvgIpc) is 2.16. The smallest absolute Gasteiger partial charge is 0.236 e.